The van der Waals surface area contributed by atoms with E-state index in [1.807, 2.05) is 31.2 Å². The van der Waals surface area contributed by atoms with Crippen molar-refractivity contribution < 1.29 is 14.3 Å². The Hall–Kier alpha value is -3.67. The van der Waals surface area contributed by atoms with Gasteiger partial charge in [-0.25, -0.2) is 4.79 Å². The second-order valence-electron chi connectivity index (χ2n) is 5.95. The number of amides is 1. The molecular formula is C21H19N3O3. The zero-order chi connectivity index (χ0) is 19.2. The van der Waals surface area contributed by atoms with Gasteiger partial charge in [0.1, 0.15) is 0 Å². The topological polar surface area (TPSA) is 80.3 Å². The van der Waals surface area contributed by atoms with Gasteiger partial charge in [-0.2, -0.15) is 0 Å². The van der Waals surface area contributed by atoms with Gasteiger partial charge < -0.3 is 15.4 Å². The Balaban J connectivity index is 1.79. The van der Waals surface area contributed by atoms with Gasteiger partial charge in [0.15, 0.2) is 0 Å². The van der Waals surface area contributed by atoms with E-state index in [0.29, 0.717) is 16.9 Å². The summed E-state index contributed by atoms with van der Waals surface area (Å²) >= 11 is 0. The molecule has 0 radical (unpaired) electrons. The molecule has 1 aromatic heterocycles. The number of esters is 1. The van der Waals surface area contributed by atoms with Gasteiger partial charge in [0.2, 0.25) is 0 Å². The number of hydrogen-bond acceptors (Lipinski definition) is 5. The number of aromatic nitrogens is 1. The number of anilines is 3. The number of hydrogen-bond donors (Lipinski definition) is 2. The van der Waals surface area contributed by atoms with Crippen molar-refractivity contribution >= 4 is 28.9 Å². The van der Waals surface area contributed by atoms with Gasteiger partial charge in [-0.3, -0.25) is 9.78 Å². The van der Waals surface area contributed by atoms with Crippen molar-refractivity contribution in [2.45, 2.75) is 6.92 Å². The minimum atomic E-state index is -0.515. The monoisotopic (exact) mass is 361 g/mol. The summed E-state index contributed by atoms with van der Waals surface area (Å²) in [5, 5.41) is 5.96. The summed E-state index contributed by atoms with van der Waals surface area (Å²) in [7, 11) is 1.30. The SMILES string of the molecule is COC(=O)c1ccccc1NC(=O)c1cncc(Nc2cccc(C)c2)c1. The largest absolute Gasteiger partial charge is 0.465 e. The van der Waals surface area contributed by atoms with Crippen LogP contribution < -0.4 is 10.6 Å². The number of carbonyl (C=O) groups is 2. The molecule has 136 valence electrons. The fraction of sp³-hybridized carbons (Fsp3) is 0.0952. The minimum absolute atomic E-state index is 0.287. The van der Waals surface area contributed by atoms with Crippen LogP contribution in [0.5, 0.6) is 0 Å². The number of carbonyl (C=O) groups excluding carboxylic acids is 2. The second-order valence-corrected chi connectivity index (χ2v) is 5.95. The Morgan fingerprint density at radius 3 is 2.56 bits per heavy atom. The van der Waals surface area contributed by atoms with Crippen LogP contribution in [0, 0.1) is 6.92 Å². The standard InChI is InChI=1S/C21H19N3O3/c1-14-6-5-7-16(10-14)23-17-11-15(12-22-13-17)20(25)24-19-9-4-3-8-18(19)21(26)27-2/h3-13,23H,1-2H3,(H,24,25). The van der Waals surface area contributed by atoms with E-state index >= 15 is 0 Å². The highest BCUT2D eigenvalue weighted by Crippen LogP contribution is 2.20. The van der Waals surface area contributed by atoms with Crippen molar-refractivity contribution in [3.05, 3.63) is 83.7 Å². The lowest BCUT2D eigenvalue weighted by Crippen LogP contribution is -2.15. The summed E-state index contributed by atoms with van der Waals surface area (Å²) in [6.07, 6.45) is 3.11. The Bertz CT molecular complexity index is 986. The first-order chi connectivity index (χ1) is 13.1. The molecule has 0 aliphatic heterocycles. The van der Waals surface area contributed by atoms with E-state index in [1.165, 1.54) is 13.3 Å². The molecule has 0 saturated heterocycles. The molecule has 27 heavy (non-hydrogen) atoms. The number of methoxy groups -OCH3 is 1. The van der Waals surface area contributed by atoms with Gasteiger partial charge in [-0.05, 0) is 42.8 Å². The Morgan fingerprint density at radius 2 is 1.78 bits per heavy atom. The smallest absolute Gasteiger partial charge is 0.339 e. The highest BCUT2D eigenvalue weighted by molar-refractivity contribution is 6.08. The van der Waals surface area contributed by atoms with Crippen LogP contribution in [0.1, 0.15) is 26.3 Å². The van der Waals surface area contributed by atoms with Crippen molar-refractivity contribution in [2.24, 2.45) is 0 Å². The summed E-state index contributed by atoms with van der Waals surface area (Å²) < 4.78 is 4.75. The van der Waals surface area contributed by atoms with Gasteiger partial charge in [0.05, 0.1) is 35.8 Å². The predicted octanol–water partition coefficient (Wildman–Crippen LogP) is 4.17. The fourth-order valence-electron chi connectivity index (χ4n) is 2.60. The van der Waals surface area contributed by atoms with Crippen molar-refractivity contribution in [1.29, 1.82) is 0 Å². The molecule has 0 saturated carbocycles. The first-order valence-corrected chi connectivity index (χ1v) is 8.34. The molecule has 1 amide bonds. The zero-order valence-electron chi connectivity index (χ0n) is 15.0. The lowest BCUT2D eigenvalue weighted by atomic mass is 10.1. The van der Waals surface area contributed by atoms with E-state index in [-0.39, 0.29) is 11.5 Å². The normalized spacial score (nSPS) is 10.1. The third kappa shape index (κ3) is 4.49. The third-order valence-corrected chi connectivity index (χ3v) is 3.89. The van der Waals surface area contributed by atoms with Gasteiger partial charge in [-0.1, -0.05) is 24.3 Å². The number of para-hydroxylation sites is 1. The highest BCUT2D eigenvalue weighted by atomic mass is 16.5. The van der Waals surface area contributed by atoms with Crippen molar-refractivity contribution in [1.82, 2.24) is 4.98 Å². The lowest BCUT2D eigenvalue weighted by Gasteiger charge is -2.11. The van der Waals surface area contributed by atoms with E-state index in [0.717, 1.165) is 11.3 Å². The van der Waals surface area contributed by atoms with Gasteiger partial charge in [-0.15, -0.1) is 0 Å². The number of pyridine rings is 1. The van der Waals surface area contributed by atoms with Gasteiger partial charge in [0, 0.05) is 11.9 Å². The number of benzene rings is 2. The summed E-state index contributed by atoms with van der Waals surface area (Å²) in [4.78, 5) is 28.6. The molecule has 6 heteroatoms. The minimum Gasteiger partial charge on any atom is -0.465 e. The number of nitrogens with zero attached hydrogens (tertiary/aromatic N) is 1. The molecule has 3 rings (SSSR count). The van der Waals surface area contributed by atoms with Crippen LogP contribution >= 0.6 is 0 Å². The fourth-order valence-corrected chi connectivity index (χ4v) is 2.60. The lowest BCUT2D eigenvalue weighted by molar-refractivity contribution is 0.0602. The van der Waals surface area contributed by atoms with Gasteiger partial charge in [0.25, 0.3) is 5.91 Å². The maximum atomic E-state index is 12.6. The van der Waals surface area contributed by atoms with Crippen molar-refractivity contribution in [3.8, 4) is 0 Å². The Morgan fingerprint density at radius 1 is 0.963 bits per heavy atom. The molecule has 2 aromatic carbocycles. The molecule has 2 N–H and O–H groups in total. The molecule has 0 unspecified atom stereocenters. The molecule has 6 nitrogen and oxygen atoms in total. The average Bonchev–Trinajstić information content (AvgIpc) is 2.68. The molecule has 0 aliphatic rings. The molecule has 0 fully saturated rings. The first kappa shape index (κ1) is 18.1. The zero-order valence-corrected chi connectivity index (χ0v) is 15.0. The summed E-state index contributed by atoms with van der Waals surface area (Å²) in [6.45, 7) is 2.01. The number of ether oxygens (including phenoxy) is 1. The number of nitrogens with one attached hydrogen (secondary N) is 2. The van der Waals surface area contributed by atoms with E-state index in [1.54, 1.807) is 36.5 Å². The maximum Gasteiger partial charge on any atom is 0.339 e. The van der Waals surface area contributed by atoms with Crippen molar-refractivity contribution in [2.75, 3.05) is 17.7 Å². The first-order valence-electron chi connectivity index (χ1n) is 8.34. The van der Waals surface area contributed by atoms with Crippen LogP contribution in [0.2, 0.25) is 0 Å². The molecule has 0 bridgehead atoms. The Kier molecular flexibility index (Phi) is 5.47. The maximum absolute atomic E-state index is 12.6. The van der Waals surface area contributed by atoms with Crippen LogP contribution in [-0.2, 0) is 4.74 Å². The molecule has 1 heterocycles. The molecular weight excluding hydrogens is 342 g/mol. The summed E-state index contributed by atoms with van der Waals surface area (Å²) in [6, 6.07) is 16.3. The molecule has 0 atom stereocenters. The van der Waals surface area contributed by atoms with E-state index in [2.05, 4.69) is 15.6 Å². The molecule has 3 aromatic rings. The summed E-state index contributed by atoms with van der Waals surface area (Å²) in [5.41, 5.74) is 3.76. The van der Waals surface area contributed by atoms with Crippen LogP contribution in [0.15, 0.2) is 67.0 Å². The van der Waals surface area contributed by atoms with E-state index in [4.69, 9.17) is 4.74 Å². The van der Waals surface area contributed by atoms with Gasteiger partial charge >= 0.3 is 5.97 Å². The van der Waals surface area contributed by atoms with Crippen LogP contribution in [0.4, 0.5) is 17.1 Å². The molecule has 0 aliphatic carbocycles. The van der Waals surface area contributed by atoms with Crippen LogP contribution in [0.3, 0.4) is 0 Å². The number of aryl methyl sites for hydroxylation is 1. The third-order valence-electron chi connectivity index (χ3n) is 3.89. The quantitative estimate of drug-likeness (QED) is 0.667. The number of rotatable bonds is 5. The summed E-state index contributed by atoms with van der Waals surface area (Å²) in [5.74, 6) is -0.884. The highest BCUT2D eigenvalue weighted by Gasteiger charge is 2.14. The Labute approximate surface area is 157 Å². The van der Waals surface area contributed by atoms with Crippen LogP contribution in [-0.4, -0.2) is 24.0 Å². The van der Waals surface area contributed by atoms with E-state index < -0.39 is 5.97 Å². The average molecular weight is 361 g/mol. The second kappa shape index (κ2) is 8.14. The predicted molar refractivity (Wildman–Crippen MR) is 104 cm³/mol. The molecule has 0 spiro atoms. The van der Waals surface area contributed by atoms with Crippen LogP contribution in [0.25, 0.3) is 0 Å². The van der Waals surface area contributed by atoms with E-state index in [9.17, 15) is 9.59 Å². The van der Waals surface area contributed by atoms with Crippen molar-refractivity contribution in [3.63, 3.8) is 0 Å².